The molecule has 7 rings (SSSR count). The molecule has 2 atom stereocenters. The molecule has 3 fully saturated rings. The van der Waals surface area contributed by atoms with E-state index in [1.807, 2.05) is 11.8 Å². The van der Waals surface area contributed by atoms with Gasteiger partial charge in [-0.15, -0.1) is 0 Å². The van der Waals surface area contributed by atoms with Crippen molar-refractivity contribution in [2.75, 3.05) is 23.3 Å². The second-order valence-electron chi connectivity index (χ2n) is 12.9. The number of amides is 2. The van der Waals surface area contributed by atoms with Crippen molar-refractivity contribution in [1.29, 1.82) is 0 Å². The average Bonchev–Trinajstić information content (AvgIpc) is 3.05. The summed E-state index contributed by atoms with van der Waals surface area (Å²) >= 11 is 6.13. The van der Waals surface area contributed by atoms with Crippen LogP contribution in [0.2, 0.25) is 5.02 Å². The number of benzene rings is 1. The number of piperazine rings is 1. The summed E-state index contributed by atoms with van der Waals surface area (Å²) in [5, 5.41) is 12.8. The van der Waals surface area contributed by atoms with Crippen LogP contribution in [0, 0.1) is 6.92 Å². The highest BCUT2D eigenvalue weighted by atomic mass is 35.5. The third kappa shape index (κ3) is 6.29. The van der Waals surface area contributed by atoms with Crippen LogP contribution in [0.5, 0.6) is 11.6 Å². The zero-order chi connectivity index (χ0) is 36.2. The van der Waals surface area contributed by atoms with Gasteiger partial charge in [0.2, 0.25) is 17.2 Å². The molecule has 1 aromatic carbocycles. The molecule has 0 bridgehead atoms. The van der Waals surface area contributed by atoms with Crippen LogP contribution in [0.25, 0.3) is 11.2 Å². The molecule has 13 nitrogen and oxygen atoms in total. The van der Waals surface area contributed by atoms with Gasteiger partial charge in [0, 0.05) is 24.8 Å². The first kappa shape index (κ1) is 34.5. The molecule has 4 aromatic rings. The Morgan fingerprint density at radius 2 is 1.86 bits per heavy atom. The van der Waals surface area contributed by atoms with E-state index in [4.69, 9.17) is 16.3 Å². The molecule has 4 heterocycles. The molecule has 3 aromatic heterocycles. The number of pyridine rings is 1. The molecular formula is C34H34ClF3N8O5. The van der Waals surface area contributed by atoms with Crippen molar-refractivity contribution in [2.24, 2.45) is 0 Å². The van der Waals surface area contributed by atoms with E-state index in [0.717, 1.165) is 37.5 Å². The van der Waals surface area contributed by atoms with Gasteiger partial charge in [0.25, 0.3) is 5.91 Å². The Bertz CT molecular complexity index is 2110. The van der Waals surface area contributed by atoms with E-state index in [9.17, 15) is 32.7 Å². The maximum Gasteiger partial charge on any atom is 0.416 e. The molecule has 0 unspecified atom stereocenters. The lowest BCUT2D eigenvalue weighted by molar-refractivity contribution is -0.137. The molecule has 1 aliphatic heterocycles. The molecular weight excluding hydrogens is 693 g/mol. The van der Waals surface area contributed by atoms with Crippen LogP contribution in [0.15, 0.2) is 35.5 Å². The fourth-order valence-corrected chi connectivity index (χ4v) is 7.14. The number of rotatable bonds is 8. The quantitative estimate of drug-likeness (QED) is 0.256. The van der Waals surface area contributed by atoms with E-state index in [2.05, 4.69) is 25.3 Å². The van der Waals surface area contributed by atoms with E-state index < -0.39 is 29.0 Å². The lowest BCUT2D eigenvalue weighted by atomic mass is 9.81. The van der Waals surface area contributed by atoms with E-state index in [0.29, 0.717) is 30.6 Å². The fraction of sp³-hybridized carbons (Fsp3) is 0.441. The maximum atomic E-state index is 14.5. The second kappa shape index (κ2) is 13.3. The van der Waals surface area contributed by atoms with E-state index in [1.54, 1.807) is 16.4 Å². The Morgan fingerprint density at radius 3 is 2.51 bits per heavy atom. The first-order valence-electron chi connectivity index (χ1n) is 16.7. The zero-order valence-electron chi connectivity index (χ0n) is 27.7. The number of ether oxygens (including phenoxy) is 1. The molecule has 3 aliphatic rings. The Labute approximate surface area is 294 Å². The van der Waals surface area contributed by atoms with Gasteiger partial charge in [-0.05, 0) is 63.6 Å². The number of alkyl halides is 3. The molecule has 2 aliphatic carbocycles. The second-order valence-corrected chi connectivity index (χ2v) is 13.3. The van der Waals surface area contributed by atoms with Gasteiger partial charge in [0.15, 0.2) is 22.6 Å². The smallest absolute Gasteiger partial charge is 0.416 e. The summed E-state index contributed by atoms with van der Waals surface area (Å²) in [7, 11) is 0. The molecule has 1 saturated heterocycles. The van der Waals surface area contributed by atoms with Crippen molar-refractivity contribution in [3.8, 4) is 11.6 Å². The Kier molecular flexibility index (Phi) is 8.98. The summed E-state index contributed by atoms with van der Waals surface area (Å²) < 4.78 is 47.2. The number of halogens is 4. The van der Waals surface area contributed by atoms with Crippen LogP contribution in [-0.4, -0.2) is 77.6 Å². The molecule has 0 radical (unpaired) electrons. The lowest BCUT2D eigenvalue weighted by Gasteiger charge is -2.54. The predicted octanol–water partition coefficient (Wildman–Crippen LogP) is 4.89. The standard InChI is InChI=1S/C34H34ClF3N8O5/c1-3-22-29(44-11-12-45(24-10-9-23(24)44)33(50)28-30(48)17(2)40-16-41-28)31(49)27-32(39-14-26(43-27)51-19-5-4-6-19)46(22)15-25(47)42-21-8-7-18(13-20(21)35)34(36,37)38/h7-8,13-14,16,19,23-24,48H,3-6,9-12,15H2,1-2H3,(H,42,47)/t23-,24-/m0/s1. The summed E-state index contributed by atoms with van der Waals surface area (Å²) in [6.07, 6.45) is 2.38. The average molecular weight is 727 g/mol. The summed E-state index contributed by atoms with van der Waals surface area (Å²) in [6, 6.07) is 2.12. The van der Waals surface area contributed by atoms with Crippen molar-refractivity contribution in [3.63, 3.8) is 0 Å². The van der Waals surface area contributed by atoms with Crippen molar-refractivity contribution in [1.82, 2.24) is 29.4 Å². The highest BCUT2D eigenvalue weighted by Gasteiger charge is 2.47. The summed E-state index contributed by atoms with van der Waals surface area (Å²) in [6.45, 7) is 3.56. The number of carbonyl (C=O) groups is 2. The molecule has 2 amide bonds. The Hall–Kier alpha value is -4.99. The van der Waals surface area contributed by atoms with Gasteiger partial charge in [0.1, 0.15) is 24.7 Å². The van der Waals surface area contributed by atoms with Crippen LogP contribution in [0.3, 0.4) is 0 Å². The Morgan fingerprint density at radius 1 is 1.10 bits per heavy atom. The minimum absolute atomic E-state index is 0.00449. The first-order valence-corrected chi connectivity index (χ1v) is 17.1. The van der Waals surface area contributed by atoms with Gasteiger partial charge in [-0.25, -0.2) is 19.9 Å². The third-order valence-electron chi connectivity index (χ3n) is 9.90. The van der Waals surface area contributed by atoms with Crippen LogP contribution >= 0.6 is 11.6 Å². The van der Waals surface area contributed by atoms with Gasteiger partial charge in [-0.2, -0.15) is 13.2 Å². The van der Waals surface area contributed by atoms with E-state index in [-0.39, 0.29) is 82.7 Å². The number of hydrogen-bond acceptors (Lipinski definition) is 10. The summed E-state index contributed by atoms with van der Waals surface area (Å²) in [5.74, 6) is -1.14. The van der Waals surface area contributed by atoms with Crippen molar-refractivity contribution in [2.45, 2.75) is 83.3 Å². The SMILES string of the molecule is CCc1c(N2CCN(C(=O)c3ncnc(C)c3O)[C@H]3CC[C@@H]32)c(=O)c2nc(OC3CCC3)cnc2n1CC(=O)Nc1ccc(C(F)(F)F)cc1Cl. The van der Waals surface area contributed by atoms with Gasteiger partial charge in [0.05, 0.1) is 34.2 Å². The van der Waals surface area contributed by atoms with E-state index in [1.165, 1.54) is 12.5 Å². The number of aromatic hydroxyl groups is 1. The minimum atomic E-state index is -4.61. The van der Waals surface area contributed by atoms with Crippen molar-refractivity contribution in [3.05, 3.63) is 68.6 Å². The van der Waals surface area contributed by atoms with Gasteiger partial charge < -0.3 is 29.5 Å². The van der Waals surface area contributed by atoms with Crippen LogP contribution < -0.4 is 20.4 Å². The number of nitrogens with one attached hydrogen (secondary N) is 1. The third-order valence-corrected chi connectivity index (χ3v) is 10.2. The summed E-state index contributed by atoms with van der Waals surface area (Å²) in [4.78, 5) is 62.3. The van der Waals surface area contributed by atoms with Gasteiger partial charge >= 0.3 is 6.18 Å². The number of nitrogens with zero attached hydrogens (tertiary/aromatic N) is 7. The maximum absolute atomic E-state index is 14.5. The van der Waals surface area contributed by atoms with Crippen molar-refractivity contribution >= 4 is 46.0 Å². The van der Waals surface area contributed by atoms with Crippen LogP contribution in [-0.2, 0) is 23.9 Å². The van der Waals surface area contributed by atoms with Crippen molar-refractivity contribution < 1.29 is 32.6 Å². The topological polar surface area (TPSA) is 156 Å². The monoisotopic (exact) mass is 726 g/mol. The fourth-order valence-electron chi connectivity index (χ4n) is 6.91. The Balaban J connectivity index is 1.25. The normalized spacial score (nSPS) is 18.9. The highest BCUT2D eigenvalue weighted by molar-refractivity contribution is 6.33. The van der Waals surface area contributed by atoms with Gasteiger partial charge in [-0.1, -0.05) is 18.5 Å². The number of aromatic nitrogens is 5. The molecule has 2 N–H and O–H groups in total. The van der Waals surface area contributed by atoms with Crippen LogP contribution in [0.4, 0.5) is 24.5 Å². The molecule has 17 heteroatoms. The molecule has 51 heavy (non-hydrogen) atoms. The number of anilines is 2. The molecule has 268 valence electrons. The molecule has 2 saturated carbocycles. The first-order chi connectivity index (χ1) is 24.3. The number of carbonyl (C=O) groups excluding carboxylic acids is 2. The highest BCUT2D eigenvalue weighted by Crippen LogP contribution is 2.39. The van der Waals surface area contributed by atoms with Crippen LogP contribution in [0.1, 0.15) is 66.5 Å². The predicted molar refractivity (Wildman–Crippen MR) is 180 cm³/mol. The number of fused-ring (bicyclic) bond motifs is 2. The number of hydrogen-bond donors (Lipinski definition) is 2. The minimum Gasteiger partial charge on any atom is -0.504 e. The largest absolute Gasteiger partial charge is 0.504 e. The number of aryl methyl sites for hydroxylation is 1. The van der Waals surface area contributed by atoms with E-state index >= 15 is 0 Å². The van der Waals surface area contributed by atoms with Gasteiger partial charge in [-0.3, -0.25) is 14.4 Å². The zero-order valence-corrected chi connectivity index (χ0v) is 28.5. The summed E-state index contributed by atoms with van der Waals surface area (Å²) in [5.41, 5.74) is -0.205. The lowest BCUT2D eigenvalue weighted by Crippen LogP contribution is -2.67. The molecule has 0 spiro atoms.